The summed E-state index contributed by atoms with van der Waals surface area (Å²) in [6, 6.07) is 3.00. The van der Waals surface area contributed by atoms with E-state index >= 15 is 0 Å². The molecule has 0 aliphatic heterocycles. The van der Waals surface area contributed by atoms with E-state index in [1.807, 2.05) is 0 Å². The first-order valence-corrected chi connectivity index (χ1v) is 6.13. The van der Waals surface area contributed by atoms with Gasteiger partial charge in [0.2, 0.25) is 5.91 Å². The molecule has 1 heterocycles. The van der Waals surface area contributed by atoms with Gasteiger partial charge < -0.3 is 10.4 Å². The van der Waals surface area contributed by atoms with Crippen molar-refractivity contribution in [1.29, 1.82) is 0 Å². The molecule has 2 N–H and O–H groups in total. The molecule has 1 amide bonds. The molecule has 2 unspecified atom stereocenters. The van der Waals surface area contributed by atoms with Gasteiger partial charge >= 0.3 is 5.97 Å². The van der Waals surface area contributed by atoms with E-state index in [0.29, 0.717) is 5.69 Å². The number of nitrogens with one attached hydrogen (secondary N) is 1. The van der Waals surface area contributed by atoms with Gasteiger partial charge in [-0.15, -0.1) is 0 Å². The Kier molecular flexibility index (Phi) is 2.54. The van der Waals surface area contributed by atoms with Crippen molar-refractivity contribution in [2.45, 2.75) is 19.3 Å². The minimum Gasteiger partial charge on any atom is -0.477 e. The number of amides is 1. The summed E-state index contributed by atoms with van der Waals surface area (Å²) < 4.78 is 0. The number of carbonyl (C=O) groups is 2. The van der Waals surface area contributed by atoms with Crippen molar-refractivity contribution in [3.63, 3.8) is 0 Å². The molecule has 2 fully saturated rings. The van der Waals surface area contributed by atoms with E-state index in [4.69, 9.17) is 5.11 Å². The molecule has 0 bridgehead atoms. The molecule has 0 spiro atoms. The summed E-state index contributed by atoms with van der Waals surface area (Å²) in [4.78, 5) is 26.5. The number of hydrogen-bond acceptors (Lipinski definition) is 3. The van der Waals surface area contributed by atoms with Gasteiger partial charge in [0.05, 0.1) is 0 Å². The third kappa shape index (κ3) is 2.08. The predicted molar refractivity (Wildman–Crippen MR) is 64.1 cm³/mol. The maximum absolute atomic E-state index is 12.0. The summed E-state index contributed by atoms with van der Waals surface area (Å²) in [5.74, 6) is 0.522. The Morgan fingerprint density at radius 2 is 2.00 bits per heavy atom. The first-order valence-electron chi connectivity index (χ1n) is 6.13. The molecule has 18 heavy (non-hydrogen) atoms. The Morgan fingerprint density at radius 3 is 2.67 bits per heavy atom. The van der Waals surface area contributed by atoms with Crippen LogP contribution in [0.3, 0.4) is 0 Å². The van der Waals surface area contributed by atoms with Gasteiger partial charge in [-0.25, -0.2) is 9.78 Å². The number of fused-ring (bicyclic) bond motifs is 1. The number of aromatic carboxylic acids is 1. The number of pyridine rings is 1. The highest BCUT2D eigenvalue weighted by molar-refractivity contribution is 5.94. The molecule has 2 atom stereocenters. The van der Waals surface area contributed by atoms with Crippen molar-refractivity contribution in [3.05, 3.63) is 24.0 Å². The standard InChI is InChI=1S/C13H14N2O3/c16-12(9-4-7-3-8(7)5-9)15-10-1-2-14-11(6-10)13(17)18/h1-2,6-9H,3-5H2,(H,17,18)(H,14,15,16). The van der Waals surface area contributed by atoms with E-state index in [9.17, 15) is 9.59 Å². The number of anilines is 1. The lowest BCUT2D eigenvalue weighted by Gasteiger charge is -2.12. The maximum Gasteiger partial charge on any atom is 0.354 e. The van der Waals surface area contributed by atoms with Crippen LogP contribution in [0.5, 0.6) is 0 Å². The van der Waals surface area contributed by atoms with E-state index in [-0.39, 0.29) is 17.5 Å². The second kappa shape index (κ2) is 4.08. The van der Waals surface area contributed by atoms with Crippen LogP contribution in [0, 0.1) is 17.8 Å². The lowest BCUT2D eigenvalue weighted by Crippen LogP contribution is -2.21. The van der Waals surface area contributed by atoms with Gasteiger partial charge in [-0.3, -0.25) is 4.79 Å². The van der Waals surface area contributed by atoms with Gasteiger partial charge in [-0.2, -0.15) is 0 Å². The molecule has 94 valence electrons. The van der Waals surface area contributed by atoms with Crippen LogP contribution in [0.1, 0.15) is 29.8 Å². The first kappa shape index (κ1) is 11.2. The van der Waals surface area contributed by atoms with E-state index in [1.54, 1.807) is 6.07 Å². The van der Waals surface area contributed by atoms with E-state index in [0.717, 1.165) is 24.7 Å². The number of carbonyl (C=O) groups excluding carboxylic acids is 1. The predicted octanol–water partition coefficient (Wildman–Crippen LogP) is 1.76. The number of rotatable bonds is 3. The number of hydrogen-bond donors (Lipinski definition) is 2. The van der Waals surface area contributed by atoms with Crippen LogP contribution >= 0.6 is 0 Å². The summed E-state index contributed by atoms with van der Waals surface area (Å²) in [6.07, 6.45) is 4.63. The van der Waals surface area contributed by atoms with Gasteiger partial charge in [0.25, 0.3) is 0 Å². The van der Waals surface area contributed by atoms with Crippen LogP contribution < -0.4 is 5.32 Å². The molecular formula is C13H14N2O3. The molecule has 1 aromatic rings. The number of nitrogens with zero attached hydrogens (tertiary/aromatic N) is 1. The molecular weight excluding hydrogens is 232 g/mol. The lowest BCUT2D eigenvalue weighted by atomic mass is 10.0. The van der Waals surface area contributed by atoms with Crippen molar-refractivity contribution in [1.82, 2.24) is 4.98 Å². The number of carboxylic acids is 1. The molecule has 2 aliphatic carbocycles. The molecule has 0 radical (unpaired) electrons. The summed E-state index contributed by atoms with van der Waals surface area (Å²) in [7, 11) is 0. The average Bonchev–Trinajstić information content (AvgIpc) is 2.96. The van der Waals surface area contributed by atoms with Crippen LogP contribution in [-0.4, -0.2) is 22.0 Å². The largest absolute Gasteiger partial charge is 0.477 e. The second-order valence-corrected chi connectivity index (χ2v) is 5.15. The van der Waals surface area contributed by atoms with Crippen LogP contribution in [0.4, 0.5) is 5.69 Å². The normalized spacial score (nSPS) is 28.6. The molecule has 0 aromatic carbocycles. The SMILES string of the molecule is O=C(O)c1cc(NC(=O)C2CC3CC3C2)ccn1. The topological polar surface area (TPSA) is 79.3 Å². The molecule has 1 aromatic heterocycles. The Bertz CT molecular complexity index is 505. The minimum absolute atomic E-state index is 0.00439. The molecule has 2 aliphatic rings. The Labute approximate surface area is 104 Å². The first-order chi connectivity index (χ1) is 8.63. The smallest absolute Gasteiger partial charge is 0.354 e. The van der Waals surface area contributed by atoms with Crippen LogP contribution in [0.25, 0.3) is 0 Å². The van der Waals surface area contributed by atoms with Crippen molar-refractivity contribution in [2.24, 2.45) is 17.8 Å². The zero-order valence-electron chi connectivity index (χ0n) is 9.80. The molecule has 5 nitrogen and oxygen atoms in total. The Balaban J connectivity index is 1.66. The van der Waals surface area contributed by atoms with Crippen LogP contribution in [0.2, 0.25) is 0 Å². The highest BCUT2D eigenvalue weighted by Gasteiger charge is 2.47. The molecule has 0 saturated heterocycles. The van der Waals surface area contributed by atoms with Crippen molar-refractivity contribution < 1.29 is 14.7 Å². The molecule has 2 saturated carbocycles. The van der Waals surface area contributed by atoms with Gasteiger partial charge in [-0.1, -0.05) is 0 Å². The zero-order chi connectivity index (χ0) is 12.7. The van der Waals surface area contributed by atoms with Gasteiger partial charge in [0, 0.05) is 17.8 Å². The zero-order valence-corrected chi connectivity index (χ0v) is 9.80. The van der Waals surface area contributed by atoms with E-state index in [1.165, 1.54) is 18.7 Å². The fraction of sp³-hybridized carbons (Fsp3) is 0.462. The van der Waals surface area contributed by atoms with E-state index in [2.05, 4.69) is 10.3 Å². The van der Waals surface area contributed by atoms with Gasteiger partial charge in [0.15, 0.2) is 0 Å². The number of aromatic nitrogens is 1. The fourth-order valence-electron chi connectivity index (χ4n) is 2.80. The van der Waals surface area contributed by atoms with Gasteiger partial charge in [0.1, 0.15) is 5.69 Å². The quantitative estimate of drug-likeness (QED) is 0.851. The summed E-state index contributed by atoms with van der Waals surface area (Å²) in [6.45, 7) is 0. The van der Waals surface area contributed by atoms with Gasteiger partial charge in [-0.05, 0) is 43.2 Å². The lowest BCUT2D eigenvalue weighted by molar-refractivity contribution is -0.120. The van der Waals surface area contributed by atoms with Crippen molar-refractivity contribution in [2.75, 3.05) is 5.32 Å². The van der Waals surface area contributed by atoms with Crippen molar-refractivity contribution >= 4 is 17.6 Å². The van der Waals surface area contributed by atoms with Crippen LogP contribution in [-0.2, 0) is 4.79 Å². The monoisotopic (exact) mass is 246 g/mol. The maximum atomic E-state index is 12.0. The summed E-state index contributed by atoms with van der Waals surface area (Å²) >= 11 is 0. The summed E-state index contributed by atoms with van der Waals surface area (Å²) in [5.41, 5.74) is 0.454. The fourth-order valence-corrected chi connectivity index (χ4v) is 2.80. The number of carboxylic acid groups (broad SMARTS) is 1. The Morgan fingerprint density at radius 1 is 1.28 bits per heavy atom. The minimum atomic E-state index is -1.09. The Hall–Kier alpha value is -1.91. The highest BCUT2D eigenvalue weighted by Crippen LogP contribution is 2.54. The third-order valence-corrected chi connectivity index (χ3v) is 3.86. The molecule has 5 heteroatoms. The highest BCUT2D eigenvalue weighted by atomic mass is 16.4. The van der Waals surface area contributed by atoms with Crippen molar-refractivity contribution in [3.8, 4) is 0 Å². The van der Waals surface area contributed by atoms with E-state index < -0.39 is 5.97 Å². The second-order valence-electron chi connectivity index (χ2n) is 5.15. The van der Waals surface area contributed by atoms with Crippen LogP contribution in [0.15, 0.2) is 18.3 Å². The average molecular weight is 246 g/mol. The molecule has 3 rings (SSSR count). The third-order valence-electron chi connectivity index (χ3n) is 3.86. The summed E-state index contributed by atoms with van der Waals surface area (Å²) in [5, 5.41) is 11.6.